The van der Waals surface area contributed by atoms with Crippen molar-refractivity contribution >= 4 is 39.5 Å². The third-order valence-corrected chi connectivity index (χ3v) is 6.17. The van der Waals surface area contributed by atoms with Crippen LogP contribution >= 0.6 is 22.9 Å². The van der Waals surface area contributed by atoms with Gasteiger partial charge in [-0.1, -0.05) is 82.0 Å². The molecule has 0 spiro atoms. The van der Waals surface area contributed by atoms with Crippen molar-refractivity contribution in [1.29, 1.82) is 0 Å². The average molecular weight is 879 g/mol. The number of terminal acetylenes is 1. The maximum atomic E-state index is 13.5. The molecule has 10 heteroatoms. The first-order valence-corrected chi connectivity index (χ1v) is 15.7. The molecule has 0 saturated heterocycles. The molecule has 2 heterocycles. The Kier molecular flexibility index (Phi) is 29.8. The van der Waals surface area contributed by atoms with E-state index in [-0.39, 0.29) is 37.0 Å². The number of aromatic nitrogens is 3. The number of ether oxygens (including phenoxy) is 2. The Balaban J connectivity index is -0.00000237. The molecule has 1 N–H and O–H groups in total. The first kappa shape index (κ1) is 46.7. The molecule has 0 saturated carbocycles. The van der Waals surface area contributed by atoms with Gasteiger partial charge in [0.2, 0.25) is 5.13 Å². The van der Waals surface area contributed by atoms with E-state index in [0.717, 1.165) is 40.9 Å². The monoisotopic (exact) mass is 878 g/mol. The second kappa shape index (κ2) is 28.7. The largest absolute Gasteiger partial charge is 2.00 e. The Labute approximate surface area is 305 Å². The molecule has 244 valence electrons. The second-order valence-electron chi connectivity index (χ2n) is 8.49. The number of halogens is 1. The molecular formula is C35H49ClN4O3SU. The summed E-state index contributed by atoms with van der Waals surface area (Å²) in [6.45, 7) is 24.2. The van der Waals surface area contributed by atoms with Crippen LogP contribution in [-0.4, -0.2) is 34.8 Å². The molecule has 0 aliphatic rings. The zero-order chi connectivity index (χ0) is 34.1. The summed E-state index contributed by atoms with van der Waals surface area (Å²) in [5, 5.41) is 11.9. The number of nitrogens with zero attached hydrogens (tertiary/aromatic N) is 3. The van der Waals surface area contributed by atoms with Crippen molar-refractivity contribution in [3.8, 4) is 23.8 Å². The molecule has 0 aromatic carbocycles. The van der Waals surface area contributed by atoms with Gasteiger partial charge in [0.05, 0.1) is 19.9 Å². The molecule has 0 fully saturated rings. The van der Waals surface area contributed by atoms with Crippen molar-refractivity contribution in [2.75, 3.05) is 19.0 Å². The van der Waals surface area contributed by atoms with Gasteiger partial charge in [0.25, 0.3) is 11.1 Å². The Bertz CT molecular complexity index is 1310. The third kappa shape index (κ3) is 18.1. The number of methoxy groups -OCH3 is 1. The summed E-state index contributed by atoms with van der Waals surface area (Å²) >= 11 is 7.36. The molecule has 0 aliphatic carbocycles. The number of amides is 1. The van der Waals surface area contributed by atoms with Gasteiger partial charge in [0.1, 0.15) is 10.9 Å². The fraction of sp³-hybridized carbons (Fsp3) is 0.371. The molecule has 2 aromatic heterocycles. The number of rotatable bonds is 13. The standard InChI is InChI=1S/C29H35ClN4O3S.2C2H6.C2H2.U/c1-8-10-14-22(23(16-19(3)4)24-17-26(30)31-18-25(24)36-7)27(35)32-28-33-34-29(38-28)37-15-12-11-13-21(6)20(5)9-2;3*1-2;/h10-11,13-14,16-18H,2,6,8-9,12,15H2,1,3-5,7H3,(H,32,33,35);2*1-2H3;1-2H;/q-2;;;;+2/b13-11-,14-10+,21-20+,23-22-;;;;. The van der Waals surface area contributed by atoms with Gasteiger partial charge < -0.3 is 16.4 Å². The van der Waals surface area contributed by atoms with Gasteiger partial charge in [-0.3, -0.25) is 10.1 Å². The Hall–Kier alpha value is -2.75. The SMILES string of the molecule is C#C.CC.CC.[CH2-]C/C(C)=C([CH2-])/C=C\CCOc1nnc(NC(=O)C(/C=C/CC)=C(/C=C(C)C)c2cc(Cl)ncc2OC)s1.[U+2]. The van der Waals surface area contributed by atoms with Crippen molar-refractivity contribution < 1.29 is 45.4 Å². The number of allylic oxidation sites excluding steroid dienone is 7. The minimum absolute atomic E-state index is 0. The van der Waals surface area contributed by atoms with Crippen molar-refractivity contribution in [2.45, 2.75) is 74.7 Å². The van der Waals surface area contributed by atoms with Gasteiger partial charge in [-0.15, -0.1) is 24.0 Å². The molecule has 0 bridgehead atoms. The minimum atomic E-state index is -0.349. The minimum Gasteiger partial charge on any atom is -0.494 e. The summed E-state index contributed by atoms with van der Waals surface area (Å²) < 4.78 is 11.2. The Morgan fingerprint density at radius 3 is 2.31 bits per heavy atom. The van der Waals surface area contributed by atoms with Crippen LogP contribution in [0.15, 0.2) is 64.9 Å². The third-order valence-electron chi connectivity index (χ3n) is 5.21. The molecule has 0 unspecified atom stereocenters. The first-order chi connectivity index (χ1) is 21.2. The fourth-order valence-electron chi connectivity index (χ4n) is 3.13. The predicted octanol–water partition coefficient (Wildman–Crippen LogP) is 9.92. The molecule has 2 rings (SSSR count). The zero-order valence-electron chi connectivity index (χ0n) is 28.3. The van der Waals surface area contributed by atoms with Gasteiger partial charge in [0.15, 0.2) is 0 Å². The Morgan fingerprint density at radius 1 is 1.11 bits per heavy atom. The van der Waals surface area contributed by atoms with Crippen LogP contribution in [0.5, 0.6) is 10.9 Å². The van der Waals surface area contributed by atoms with E-state index in [9.17, 15) is 4.79 Å². The van der Waals surface area contributed by atoms with E-state index < -0.39 is 0 Å². The molecule has 0 aliphatic heterocycles. The predicted molar refractivity (Wildman–Crippen MR) is 190 cm³/mol. The zero-order valence-corrected chi connectivity index (χ0v) is 34.0. The summed E-state index contributed by atoms with van der Waals surface area (Å²) in [4.78, 5) is 17.6. The van der Waals surface area contributed by atoms with Gasteiger partial charge in [-0.05, 0) is 49.7 Å². The van der Waals surface area contributed by atoms with Crippen LogP contribution < -0.4 is 14.8 Å². The first-order valence-electron chi connectivity index (χ1n) is 14.5. The van der Waals surface area contributed by atoms with E-state index in [1.165, 1.54) is 6.20 Å². The van der Waals surface area contributed by atoms with Crippen LogP contribution in [0.3, 0.4) is 0 Å². The van der Waals surface area contributed by atoms with Crippen molar-refractivity contribution in [3.05, 3.63) is 89.5 Å². The van der Waals surface area contributed by atoms with Gasteiger partial charge >= 0.3 is 31.1 Å². The van der Waals surface area contributed by atoms with Crippen LogP contribution in [0.4, 0.5) is 5.13 Å². The van der Waals surface area contributed by atoms with Crippen molar-refractivity contribution in [3.63, 3.8) is 0 Å². The summed E-state index contributed by atoms with van der Waals surface area (Å²) in [7, 11) is 1.55. The number of hydrogen-bond acceptors (Lipinski definition) is 7. The van der Waals surface area contributed by atoms with Gasteiger partial charge in [-0.2, -0.15) is 18.6 Å². The van der Waals surface area contributed by atoms with E-state index in [0.29, 0.717) is 51.0 Å². The summed E-state index contributed by atoms with van der Waals surface area (Å²) in [5.74, 6) is 0.152. The molecule has 2 aromatic rings. The van der Waals surface area contributed by atoms with Crippen molar-refractivity contribution in [2.24, 2.45) is 0 Å². The van der Waals surface area contributed by atoms with Gasteiger partial charge in [-0.25, -0.2) is 17.0 Å². The topological polar surface area (TPSA) is 86.2 Å². The smallest absolute Gasteiger partial charge is 0.494 e. The number of carbonyl (C=O) groups is 1. The van der Waals surface area contributed by atoms with Gasteiger partial charge in [0, 0.05) is 11.1 Å². The van der Waals surface area contributed by atoms with E-state index in [4.69, 9.17) is 21.1 Å². The van der Waals surface area contributed by atoms with E-state index in [1.807, 2.05) is 79.7 Å². The van der Waals surface area contributed by atoms with Crippen LogP contribution in [0.2, 0.25) is 5.15 Å². The molecule has 1 amide bonds. The maximum absolute atomic E-state index is 13.5. The number of hydrogen-bond donors (Lipinski definition) is 1. The van der Waals surface area contributed by atoms with Crippen LogP contribution in [0.1, 0.15) is 80.2 Å². The molecular weight excluding hydrogens is 830 g/mol. The van der Waals surface area contributed by atoms with E-state index >= 15 is 0 Å². The summed E-state index contributed by atoms with van der Waals surface area (Å²) in [6, 6.07) is 1.68. The van der Waals surface area contributed by atoms with E-state index in [2.05, 4.69) is 47.2 Å². The average Bonchev–Trinajstić information content (AvgIpc) is 3.49. The molecule has 7 nitrogen and oxygen atoms in total. The van der Waals surface area contributed by atoms with E-state index in [1.54, 1.807) is 19.3 Å². The molecule has 45 heavy (non-hydrogen) atoms. The molecule has 0 atom stereocenters. The maximum Gasteiger partial charge on any atom is 2.00 e. The number of pyridine rings is 1. The number of carbonyl (C=O) groups excluding carboxylic acids is 1. The van der Waals surface area contributed by atoms with Crippen LogP contribution in [0, 0.1) is 57.8 Å². The normalized spacial score (nSPS) is 11.1. The van der Waals surface area contributed by atoms with Crippen LogP contribution in [-0.2, 0) is 4.79 Å². The fourth-order valence-corrected chi connectivity index (χ4v) is 3.90. The van der Waals surface area contributed by atoms with Crippen molar-refractivity contribution in [1.82, 2.24) is 15.2 Å². The number of anilines is 1. The summed E-state index contributed by atoms with van der Waals surface area (Å²) in [6.07, 6.45) is 21.3. The molecule has 0 radical (unpaired) electrons. The Morgan fingerprint density at radius 2 is 1.76 bits per heavy atom. The number of nitrogens with one attached hydrogen (secondary N) is 1. The van der Waals surface area contributed by atoms with Crippen LogP contribution in [0.25, 0.3) is 5.57 Å². The quantitative estimate of drug-likeness (QED) is 0.0539. The second-order valence-corrected chi connectivity index (χ2v) is 9.82. The summed E-state index contributed by atoms with van der Waals surface area (Å²) in [5.41, 5.74) is 4.82.